The molecule has 0 fully saturated rings. The van der Waals surface area contributed by atoms with Crippen molar-refractivity contribution in [1.29, 1.82) is 0 Å². The fraction of sp³-hybridized carbons (Fsp3) is 0.842. The summed E-state index contributed by atoms with van der Waals surface area (Å²) in [7, 11) is 5.92. The number of quaternary nitrogens is 1. The van der Waals surface area contributed by atoms with Crippen LogP contribution >= 0.6 is 0 Å². The van der Waals surface area contributed by atoms with Gasteiger partial charge < -0.3 is 33.3 Å². The molecule has 0 aromatic heterocycles. The van der Waals surface area contributed by atoms with Gasteiger partial charge in [0.15, 0.2) is 12.4 Å². The number of likely N-dealkylation sites (N-methyl/N-ethyl adjacent to an activating group) is 1. The van der Waals surface area contributed by atoms with Crippen molar-refractivity contribution < 1.29 is 42.9 Å². The SMILES string of the molecule is CCCCCCC/C=C\C/C=C\CCCCCCCCCCCCCC(=O)OC(COC(=O)CCCCCCCCC/C=C\CCCCCCCCC)COC(OCC[N+](C)(C)C)C(=O)[O-]. The Kier molecular flexibility index (Phi) is 47.1. The van der Waals surface area contributed by atoms with E-state index in [0.29, 0.717) is 17.4 Å². The topological polar surface area (TPSA) is 111 Å². The van der Waals surface area contributed by atoms with Gasteiger partial charge in [0.25, 0.3) is 0 Å². The van der Waals surface area contributed by atoms with Gasteiger partial charge in [0.1, 0.15) is 13.2 Å². The molecule has 0 saturated carbocycles. The Morgan fingerprint density at radius 3 is 1.21 bits per heavy atom. The van der Waals surface area contributed by atoms with E-state index in [1.54, 1.807) is 0 Å². The van der Waals surface area contributed by atoms with Gasteiger partial charge >= 0.3 is 11.9 Å². The number of ether oxygens (including phenoxy) is 4. The maximum Gasteiger partial charge on any atom is 0.306 e. The third-order valence-electron chi connectivity index (χ3n) is 12.1. The first-order valence-electron chi connectivity index (χ1n) is 27.6. The average molecular weight is 932 g/mol. The molecule has 0 N–H and O–H groups in total. The highest BCUT2D eigenvalue weighted by Gasteiger charge is 2.22. The zero-order chi connectivity index (χ0) is 48.4. The minimum atomic E-state index is -1.62. The summed E-state index contributed by atoms with van der Waals surface area (Å²) < 4.78 is 22.7. The largest absolute Gasteiger partial charge is 0.545 e. The second-order valence-electron chi connectivity index (χ2n) is 19.9. The van der Waals surface area contributed by atoms with E-state index >= 15 is 0 Å². The average Bonchev–Trinajstić information content (AvgIpc) is 3.28. The molecular formula is C57H105NO8. The fourth-order valence-electron chi connectivity index (χ4n) is 7.80. The first-order chi connectivity index (χ1) is 32.1. The monoisotopic (exact) mass is 932 g/mol. The molecule has 0 aromatic carbocycles. The lowest BCUT2D eigenvalue weighted by Crippen LogP contribution is -2.44. The summed E-state index contributed by atoms with van der Waals surface area (Å²) in [5.41, 5.74) is 0. The molecule has 2 unspecified atom stereocenters. The van der Waals surface area contributed by atoms with Crippen LogP contribution < -0.4 is 5.11 Å². The van der Waals surface area contributed by atoms with Crippen LogP contribution in [0, 0.1) is 0 Å². The van der Waals surface area contributed by atoms with Crippen LogP contribution in [0.15, 0.2) is 36.5 Å². The highest BCUT2D eigenvalue weighted by Crippen LogP contribution is 2.16. The molecule has 0 aliphatic carbocycles. The fourth-order valence-corrected chi connectivity index (χ4v) is 7.80. The predicted octanol–water partition coefficient (Wildman–Crippen LogP) is 14.4. The molecule has 0 aliphatic rings. The number of esters is 2. The molecule has 9 nitrogen and oxygen atoms in total. The zero-order valence-corrected chi connectivity index (χ0v) is 43.8. The number of allylic oxidation sites excluding steroid dienone is 6. The van der Waals surface area contributed by atoms with E-state index in [9.17, 15) is 19.5 Å². The highest BCUT2D eigenvalue weighted by atomic mass is 16.7. The molecular weight excluding hydrogens is 827 g/mol. The summed E-state index contributed by atoms with van der Waals surface area (Å²) in [6.07, 6.45) is 54.6. The van der Waals surface area contributed by atoms with E-state index in [1.165, 1.54) is 173 Å². The number of rotatable bonds is 51. The molecule has 0 spiro atoms. The molecule has 0 rings (SSSR count). The van der Waals surface area contributed by atoms with Crippen LogP contribution in [0.2, 0.25) is 0 Å². The molecule has 0 heterocycles. The summed E-state index contributed by atoms with van der Waals surface area (Å²) in [4.78, 5) is 37.2. The molecule has 0 amide bonds. The molecule has 0 aliphatic heterocycles. The quantitative estimate of drug-likeness (QED) is 0.0195. The highest BCUT2D eigenvalue weighted by molar-refractivity contribution is 5.70. The first kappa shape index (κ1) is 63.5. The number of aliphatic carboxylic acids is 1. The van der Waals surface area contributed by atoms with E-state index in [4.69, 9.17) is 18.9 Å². The van der Waals surface area contributed by atoms with Crippen molar-refractivity contribution in [3.05, 3.63) is 36.5 Å². The zero-order valence-electron chi connectivity index (χ0n) is 43.8. The van der Waals surface area contributed by atoms with Crippen LogP contribution in [0.4, 0.5) is 0 Å². The van der Waals surface area contributed by atoms with Gasteiger partial charge in [-0.15, -0.1) is 0 Å². The van der Waals surface area contributed by atoms with E-state index in [1.807, 2.05) is 21.1 Å². The molecule has 2 atom stereocenters. The number of carboxylic acid groups (broad SMARTS) is 1. The van der Waals surface area contributed by atoms with Crippen molar-refractivity contribution in [3.8, 4) is 0 Å². The minimum absolute atomic E-state index is 0.147. The van der Waals surface area contributed by atoms with E-state index in [-0.39, 0.29) is 38.6 Å². The van der Waals surface area contributed by atoms with Gasteiger partial charge in [-0.25, -0.2) is 0 Å². The molecule has 0 bridgehead atoms. The lowest BCUT2D eigenvalue weighted by molar-refractivity contribution is -0.870. The van der Waals surface area contributed by atoms with Crippen molar-refractivity contribution in [2.24, 2.45) is 0 Å². The van der Waals surface area contributed by atoms with Crippen molar-refractivity contribution in [2.75, 3.05) is 47.5 Å². The summed E-state index contributed by atoms with van der Waals surface area (Å²) in [5, 5.41) is 11.8. The lowest BCUT2D eigenvalue weighted by Gasteiger charge is -2.26. The number of unbranched alkanes of at least 4 members (excludes halogenated alkanes) is 30. The Morgan fingerprint density at radius 1 is 0.455 bits per heavy atom. The number of hydrogen-bond donors (Lipinski definition) is 0. The third-order valence-corrected chi connectivity index (χ3v) is 12.1. The Balaban J connectivity index is 4.28. The Bertz CT molecular complexity index is 1180. The van der Waals surface area contributed by atoms with Crippen LogP contribution in [0.5, 0.6) is 0 Å². The number of carbonyl (C=O) groups is 3. The third kappa shape index (κ3) is 49.4. The predicted molar refractivity (Wildman–Crippen MR) is 274 cm³/mol. The standard InChI is InChI=1S/C57H105NO8/c1-6-8-10-12-14-16-18-20-22-24-26-27-28-29-30-32-34-36-38-40-42-44-46-48-55(60)66-53(52-65-57(56(61)62)63-50-49-58(3,4)5)51-64-54(59)47-45-43-41-39-37-35-33-31-25-23-21-19-17-15-13-11-9-7-2/h18,20,23-26,53,57H,6-17,19,21-22,27-52H2,1-5H3/b20-18-,25-23-,26-24-. The van der Waals surface area contributed by atoms with Gasteiger partial charge in [-0.1, -0.05) is 204 Å². The number of nitrogens with zero attached hydrogens (tertiary/aromatic N) is 1. The van der Waals surface area contributed by atoms with Crippen LogP contribution in [0.3, 0.4) is 0 Å². The van der Waals surface area contributed by atoms with Crippen LogP contribution in [0.1, 0.15) is 251 Å². The van der Waals surface area contributed by atoms with Gasteiger partial charge in [0.05, 0.1) is 40.3 Å². The Morgan fingerprint density at radius 2 is 0.818 bits per heavy atom. The normalized spacial score (nSPS) is 13.0. The number of carboxylic acids is 1. The Hall–Kier alpha value is -2.49. The lowest BCUT2D eigenvalue weighted by atomic mass is 10.0. The van der Waals surface area contributed by atoms with Crippen LogP contribution in [0.25, 0.3) is 0 Å². The molecule has 0 saturated heterocycles. The van der Waals surface area contributed by atoms with Crippen LogP contribution in [-0.4, -0.2) is 82.3 Å². The van der Waals surface area contributed by atoms with Gasteiger partial charge in [-0.05, 0) is 70.6 Å². The molecule has 0 aromatic rings. The van der Waals surface area contributed by atoms with Gasteiger partial charge in [-0.2, -0.15) is 0 Å². The number of hydrogen-bond acceptors (Lipinski definition) is 8. The maximum atomic E-state index is 12.8. The van der Waals surface area contributed by atoms with Crippen molar-refractivity contribution in [1.82, 2.24) is 0 Å². The smallest absolute Gasteiger partial charge is 0.306 e. The summed E-state index contributed by atoms with van der Waals surface area (Å²) in [6.45, 7) is 4.75. The van der Waals surface area contributed by atoms with E-state index in [2.05, 4.69) is 50.3 Å². The second-order valence-corrected chi connectivity index (χ2v) is 19.9. The maximum absolute atomic E-state index is 12.8. The van der Waals surface area contributed by atoms with Gasteiger partial charge in [0.2, 0.25) is 0 Å². The minimum Gasteiger partial charge on any atom is -0.545 e. The van der Waals surface area contributed by atoms with Crippen molar-refractivity contribution in [3.63, 3.8) is 0 Å². The molecule has 9 heteroatoms. The summed E-state index contributed by atoms with van der Waals surface area (Å²) >= 11 is 0. The molecule has 66 heavy (non-hydrogen) atoms. The van der Waals surface area contributed by atoms with Crippen molar-refractivity contribution in [2.45, 2.75) is 264 Å². The second kappa shape index (κ2) is 48.9. The number of carbonyl (C=O) groups excluding carboxylic acids is 3. The van der Waals surface area contributed by atoms with Crippen LogP contribution in [-0.2, 0) is 33.3 Å². The molecule has 0 radical (unpaired) electrons. The Labute approximate surface area is 407 Å². The van der Waals surface area contributed by atoms with Crippen molar-refractivity contribution >= 4 is 17.9 Å². The van der Waals surface area contributed by atoms with Gasteiger partial charge in [0, 0.05) is 12.8 Å². The van der Waals surface area contributed by atoms with Gasteiger partial charge in [-0.3, -0.25) is 9.59 Å². The summed E-state index contributed by atoms with van der Waals surface area (Å²) in [5.74, 6) is -2.28. The molecule has 386 valence electrons. The van der Waals surface area contributed by atoms with E-state index in [0.717, 1.165) is 44.9 Å². The van der Waals surface area contributed by atoms with E-state index < -0.39 is 24.3 Å². The first-order valence-corrected chi connectivity index (χ1v) is 27.6. The summed E-state index contributed by atoms with van der Waals surface area (Å²) in [6, 6.07) is 0.